The molecule has 2 aromatic carbocycles. The summed E-state index contributed by atoms with van der Waals surface area (Å²) < 4.78 is 29.2. The molecule has 0 radical (unpaired) electrons. The van der Waals surface area contributed by atoms with Gasteiger partial charge >= 0.3 is 6.61 Å². The molecule has 3 rings (SSSR count). The van der Waals surface area contributed by atoms with Crippen molar-refractivity contribution in [3.05, 3.63) is 54.7 Å². The predicted octanol–water partition coefficient (Wildman–Crippen LogP) is 4.09. The highest BCUT2D eigenvalue weighted by molar-refractivity contribution is 6.00. The molecule has 0 fully saturated rings. The summed E-state index contributed by atoms with van der Waals surface area (Å²) in [7, 11) is 0. The van der Waals surface area contributed by atoms with Crippen LogP contribution in [-0.2, 0) is 0 Å². The molecule has 0 spiro atoms. The number of benzene rings is 2. The number of ether oxygens (including phenoxy) is 1. The van der Waals surface area contributed by atoms with E-state index >= 15 is 0 Å². The number of hydrogen-bond acceptors (Lipinski definition) is 3. The first-order chi connectivity index (χ1) is 10.1. The van der Waals surface area contributed by atoms with E-state index in [1.165, 1.54) is 12.1 Å². The van der Waals surface area contributed by atoms with Gasteiger partial charge in [-0.3, -0.25) is 4.98 Å². The average Bonchev–Trinajstić information content (AvgIpc) is 2.47. The Balaban J connectivity index is 2.24. The third-order valence-corrected chi connectivity index (χ3v) is 3.16. The number of anilines is 1. The summed E-state index contributed by atoms with van der Waals surface area (Å²) in [5, 5.41) is 0.680. The van der Waals surface area contributed by atoms with Crippen molar-refractivity contribution in [1.29, 1.82) is 0 Å². The second-order valence-electron chi connectivity index (χ2n) is 4.51. The summed E-state index contributed by atoms with van der Waals surface area (Å²) in [5.74, 6) is 0.0853. The Hall–Kier alpha value is -2.69. The van der Waals surface area contributed by atoms with Crippen molar-refractivity contribution >= 4 is 16.6 Å². The van der Waals surface area contributed by atoms with Crippen LogP contribution in [0.25, 0.3) is 22.0 Å². The molecule has 3 aromatic rings. The van der Waals surface area contributed by atoms with E-state index in [2.05, 4.69) is 9.72 Å². The number of nitrogen functional groups attached to an aromatic ring is 1. The number of pyridine rings is 1. The van der Waals surface area contributed by atoms with Gasteiger partial charge in [-0.25, -0.2) is 0 Å². The molecule has 1 aromatic heterocycles. The number of alkyl halides is 2. The topological polar surface area (TPSA) is 48.1 Å². The number of nitrogens with zero attached hydrogens (tertiary/aromatic N) is 1. The van der Waals surface area contributed by atoms with Crippen molar-refractivity contribution in [3.63, 3.8) is 0 Å². The van der Waals surface area contributed by atoms with Gasteiger partial charge in [0.25, 0.3) is 0 Å². The molecule has 0 unspecified atom stereocenters. The first kappa shape index (κ1) is 13.3. The Bertz CT molecular complexity index is 776. The molecule has 2 N–H and O–H groups in total. The first-order valence-corrected chi connectivity index (χ1v) is 6.33. The Labute approximate surface area is 120 Å². The normalized spacial score (nSPS) is 11.0. The SMILES string of the molecule is Nc1cnc2ccc(OC(F)F)cc2c1-c1ccccc1. The van der Waals surface area contributed by atoms with E-state index in [0.717, 1.165) is 11.1 Å². The van der Waals surface area contributed by atoms with Gasteiger partial charge < -0.3 is 10.5 Å². The van der Waals surface area contributed by atoms with Crippen LogP contribution in [0.5, 0.6) is 5.75 Å². The van der Waals surface area contributed by atoms with E-state index in [-0.39, 0.29) is 5.75 Å². The van der Waals surface area contributed by atoms with Crippen LogP contribution in [-0.4, -0.2) is 11.6 Å². The van der Waals surface area contributed by atoms with E-state index in [9.17, 15) is 8.78 Å². The summed E-state index contributed by atoms with van der Waals surface area (Å²) in [6.45, 7) is -2.86. The maximum Gasteiger partial charge on any atom is 0.387 e. The van der Waals surface area contributed by atoms with E-state index in [0.29, 0.717) is 16.6 Å². The standard InChI is InChI=1S/C16H12F2N2O/c17-16(18)21-11-6-7-14-12(8-11)15(13(19)9-20-14)10-4-2-1-3-5-10/h1-9,16H,19H2. The van der Waals surface area contributed by atoms with Crippen LogP contribution in [0.3, 0.4) is 0 Å². The molecule has 0 aliphatic rings. The van der Waals surface area contributed by atoms with Gasteiger partial charge in [0.15, 0.2) is 0 Å². The summed E-state index contributed by atoms with van der Waals surface area (Å²) in [4.78, 5) is 4.22. The Morgan fingerprint density at radius 2 is 1.81 bits per heavy atom. The van der Waals surface area contributed by atoms with E-state index in [1.54, 1.807) is 12.3 Å². The zero-order chi connectivity index (χ0) is 14.8. The third-order valence-electron chi connectivity index (χ3n) is 3.16. The Morgan fingerprint density at radius 1 is 1.05 bits per heavy atom. The molecule has 0 atom stereocenters. The van der Waals surface area contributed by atoms with Crippen LogP contribution in [0.1, 0.15) is 0 Å². The lowest BCUT2D eigenvalue weighted by atomic mass is 9.99. The van der Waals surface area contributed by atoms with Crippen molar-refractivity contribution < 1.29 is 13.5 Å². The fourth-order valence-corrected chi connectivity index (χ4v) is 2.29. The lowest BCUT2D eigenvalue weighted by Crippen LogP contribution is -2.02. The second kappa shape index (κ2) is 5.36. The van der Waals surface area contributed by atoms with Crippen molar-refractivity contribution in [2.45, 2.75) is 6.61 Å². The fourth-order valence-electron chi connectivity index (χ4n) is 2.29. The van der Waals surface area contributed by atoms with Crippen LogP contribution >= 0.6 is 0 Å². The molecule has 3 nitrogen and oxygen atoms in total. The average molecular weight is 286 g/mol. The van der Waals surface area contributed by atoms with Crippen molar-refractivity contribution in [2.75, 3.05) is 5.73 Å². The molecule has 0 aliphatic heterocycles. The van der Waals surface area contributed by atoms with Crippen LogP contribution in [0.15, 0.2) is 54.7 Å². The highest BCUT2D eigenvalue weighted by Gasteiger charge is 2.11. The van der Waals surface area contributed by atoms with Gasteiger partial charge in [-0.1, -0.05) is 30.3 Å². The zero-order valence-electron chi connectivity index (χ0n) is 11.0. The summed E-state index contributed by atoms with van der Waals surface area (Å²) >= 11 is 0. The molecule has 0 aliphatic carbocycles. The highest BCUT2D eigenvalue weighted by atomic mass is 19.3. The van der Waals surface area contributed by atoms with Crippen LogP contribution in [0.4, 0.5) is 14.5 Å². The summed E-state index contributed by atoms with van der Waals surface area (Å²) in [6.07, 6.45) is 1.57. The molecular formula is C16H12F2N2O. The van der Waals surface area contributed by atoms with Crippen LogP contribution in [0.2, 0.25) is 0 Å². The molecule has 106 valence electrons. The lowest BCUT2D eigenvalue weighted by Gasteiger charge is -2.11. The number of nitrogens with two attached hydrogens (primary N) is 1. The predicted molar refractivity (Wildman–Crippen MR) is 78.2 cm³/mol. The van der Waals surface area contributed by atoms with E-state index < -0.39 is 6.61 Å². The molecule has 0 saturated heterocycles. The first-order valence-electron chi connectivity index (χ1n) is 6.33. The minimum atomic E-state index is -2.86. The largest absolute Gasteiger partial charge is 0.435 e. The lowest BCUT2D eigenvalue weighted by molar-refractivity contribution is -0.0497. The van der Waals surface area contributed by atoms with E-state index in [4.69, 9.17) is 5.73 Å². The number of aromatic nitrogens is 1. The van der Waals surface area contributed by atoms with Gasteiger partial charge in [-0.05, 0) is 23.8 Å². The number of hydrogen-bond donors (Lipinski definition) is 1. The van der Waals surface area contributed by atoms with Crippen molar-refractivity contribution in [2.24, 2.45) is 0 Å². The Kier molecular flexibility index (Phi) is 3.39. The minimum absolute atomic E-state index is 0.0853. The highest BCUT2D eigenvalue weighted by Crippen LogP contribution is 2.34. The van der Waals surface area contributed by atoms with Crippen LogP contribution in [0, 0.1) is 0 Å². The number of fused-ring (bicyclic) bond motifs is 1. The Morgan fingerprint density at radius 3 is 2.52 bits per heavy atom. The monoisotopic (exact) mass is 286 g/mol. The maximum absolute atomic E-state index is 12.4. The van der Waals surface area contributed by atoms with Crippen molar-refractivity contribution in [3.8, 4) is 16.9 Å². The minimum Gasteiger partial charge on any atom is -0.435 e. The molecule has 5 heteroatoms. The van der Waals surface area contributed by atoms with Gasteiger partial charge in [0.2, 0.25) is 0 Å². The van der Waals surface area contributed by atoms with Crippen molar-refractivity contribution in [1.82, 2.24) is 4.98 Å². The van der Waals surface area contributed by atoms with Gasteiger partial charge in [-0.15, -0.1) is 0 Å². The number of rotatable bonds is 3. The molecule has 0 saturated carbocycles. The van der Waals surface area contributed by atoms with Gasteiger partial charge in [0, 0.05) is 10.9 Å². The summed E-state index contributed by atoms with van der Waals surface area (Å²) in [6, 6.07) is 14.1. The van der Waals surface area contributed by atoms with Gasteiger partial charge in [-0.2, -0.15) is 8.78 Å². The van der Waals surface area contributed by atoms with Gasteiger partial charge in [0.1, 0.15) is 5.75 Å². The molecule has 0 bridgehead atoms. The molecular weight excluding hydrogens is 274 g/mol. The summed E-state index contributed by atoms with van der Waals surface area (Å²) in [5.41, 5.74) is 8.84. The third kappa shape index (κ3) is 2.63. The maximum atomic E-state index is 12.4. The quantitative estimate of drug-likeness (QED) is 0.789. The fraction of sp³-hybridized carbons (Fsp3) is 0.0625. The molecule has 21 heavy (non-hydrogen) atoms. The zero-order valence-corrected chi connectivity index (χ0v) is 11.0. The molecule has 0 amide bonds. The van der Waals surface area contributed by atoms with E-state index in [1.807, 2.05) is 30.3 Å². The number of halogens is 2. The van der Waals surface area contributed by atoms with Crippen LogP contribution < -0.4 is 10.5 Å². The molecule has 1 heterocycles. The van der Waals surface area contributed by atoms with Gasteiger partial charge in [0.05, 0.1) is 17.4 Å². The smallest absolute Gasteiger partial charge is 0.387 e. The second-order valence-corrected chi connectivity index (χ2v) is 4.51.